The van der Waals surface area contributed by atoms with Gasteiger partial charge in [0.1, 0.15) is 0 Å². The molecule has 1 fully saturated rings. The van der Waals surface area contributed by atoms with E-state index in [0.29, 0.717) is 12.3 Å². The molecule has 0 bridgehead atoms. The number of carbonyl (C=O) groups is 1. The van der Waals surface area contributed by atoms with E-state index in [1.807, 2.05) is 12.1 Å². The van der Waals surface area contributed by atoms with Gasteiger partial charge in [0.15, 0.2) is 11.5 Å². The molecule has 2 rings (SSSR count). The zero-order chi connectivity index (χ0) is 14.7. The van der Waals surface area contributed by atoms with Gasteiger partial charge in [-0.25, -0.2) is 0 Å². The van der Waals surface area contributed by atoms with E-state index >= 15 is 0 Å². The predicted octanol–water partition coefficient (Wildman–Crippen LogP) is 1.70. The number of ether oxygens (including phenoxy) is 1. The fraction of sp³-hybridized carbons (Fsp3) is 0.500. The number of nitrogens with two attached hydrogens (primary N) is 1. The molecule has 0 spiro atoms. The van der Waals surface area contributed by atoms with Crippen LogP contribution in [0.4, 0.5) is 0 Å². The molecule has 1 aromatic carbocycles. The predicted molar refractivity (Wildman–Crippen MR) is 84.6 cm³/mol. The fourth-order valence-electron chi connectivity index (χ4n) is 2.56. The third-order valence-electron chi connectivity index (χ3n) is 3.62. The van der Waals surface area contributed by atoms with Crippen LogP contribution in [0.15, 0.2) is 12.1 Å². The van der Waals surface area contributed by atoms with E-state index in [1.54, 1.807) is 7.11 Å². The van der Waals surface area contributed by atoms with Gasteiger partial charge < -0.3 is 15.6 Å². The average Bonchev–Trinajstić information content (AvgIpc) is 2.43. The molecular weight excluding hydrogens is 371 g/mol. The van der Waals surface area contributed by atoms with Crippen molar-refractivity contribution in [1.29, 1.82) is 0 Å². The van der Waals surface area contributed by atoms with Crippen molar-refractivity contribution in [3.05, 3.63) is 21.3 Å². The highest BCUT2D eigenvalue weighted by Crippen LogP contribution is 2.33. The molecule has 6 heteroatoms. The normalized spacial score (nSPS) is 19.8. The smallest absolute Gasteiger partial charge is 0.221 e. The molecule has 3 N–H and O–H groups in total. The molecule has 1 saturated heterocycles. The Morgan fingerprint density at radius 3 is 3.00 bits per heavy atom. The topological polar surface area (TPSA) is 75.8 Å². The van der Waals surface area contributed by atoms with E-state index in [-0.39, 0.29) is 17.6 Å². The van der Waals surface area contributed by atoms with Gasteiger partial charge in [-0.15, -0.1) is 0 Å². The van der Waals surface area contributed by atoms with E-state index in [1.165, 1.54) is 0 Å². The number of hydrogen-bond acceptors (Lipinski definition) is 4. The maximum Gasteiger partial charge on any atom is 0.221 e. The van der Waals surface area contributed by atoms with Crippen LogP contribution < -0.4 is 10.5 Å². The highest BCUT2D eigenvalue weighted by atomic mass is 127. The number of amides is 1. The lowest BCUT2D eigenvalue weighted by atomic mass is 9.97. The van der Waals surface area contributed by atoms with Crippen molar-refractivity contribution in [2.45, 2.75) is 19.4 Å². The standard InChI is InChI=1S/C14H19IN2O3/c1-20-12-6-9(5-11(15)13(12)18)7-17-4-2-3-10(8-17)14(16)19/h5-6,10,18H,2-4,7-8H2,1H3,(H2,16,19). The van der Waals surface area contributed by atoms with Gasteiger partial charge in [-0.3, -0.25) is 9.69 Å². The molecular formula is C14H19IN2O3. The van der Waals surface area contributed by atoms with Crippen LogP contribution in [-0.2, 0) is 11.3 Å². The number of aromatic hydroxyl groups is 1. The summed E-state index contributed by atoms with van der Waals surface area (Å²) >= 11 is 2.09. The zero-order valence-corrected chi connectivity index (χ0v) is 13.6. The second-order valence-electron chi connectivity index (χ2n) is 5.11. The van der Waals surface area contributed by atoms with Gasteiger partial charge in [0.2, 0.25) is 5.91 Å². The first kappa shape index (κ1) is 15.4. The Bertz CT molecular complexity index is 507. The summed E-state index contributed by atoms with van der Waals surface area (Å²) in [4.78, 5) is 13.5. The number of benzene rings is 1. The van der Waals surface area contributed by atoms with Crippen LogP contribution >= 0.6 is 22.6 Å². The quantitative estimate of drug-likeness (QED) is 0.768. The second kappa shape index (κ2) is 6.62. The Kier molecular flexibility index (Phi) is 5.09. The monoisotopic (exact) mass is 390 g/mol. The number of primary amides is 1. The molecule has 110 valence electrons. The van der Waals surface area contributed by atoms with E-state index in [0.717, 1.165) is 35.1 Å². The summed E-state index contributed by atoms with van der Waals surface area (Å²) in [5.41, 5.74) is 6.46. The third-order valence-corrected chi connectivity index (χ3v) is 4.44. The minimum absolute atomic E-state index is 0.0539. The number of rotatable bonds is 4. The van der Waals surface area contributed by atoms with Crippen LogP contribution in [0.3, 0.4) is 0 Å². The van der Waals surface area contributed by atoms with Gasteiger partial charge in [0.05, 0.1) is 16.6 Å². The van der Waals surface area contributed by atoms with Crippen LogP contribution in [0.1, 0.15) is 18.4 Å². The lowest BCUT2D eigenvalue weighted by molar-refractivity contribution is -0.123. The fourth-order valence-corrected chi connectivity index (χ4v) is 3.23. The number of hydrogen-bond donors (Lipinski definition) is 2. The molecule has 0 aromatic heterocycles. The van der Waals surface area contributed by atoms with E-state index in [9.17, 15) is 9.90 Å². The second-order valence-corrected chi connectivity index (χ2v) is 6.27. The molecule has 1 aromatic rings. The number of nitrogens with zero attached hydrogens (tertiary/aromatic N) is 1. The van der Waals surface area contributed by atoms with E-state index in [4.69, 9.17) is 10.5 Å². The average molecular weight is 390 g/mol. The molecule has 20 heavy (non-hydrogen) atoms. The maximum atomic E-state index is 11.3. The number of carbonyl (C=O) groups excluding carboxylic acids is 1. The van der Waals surface area contributed by atoms with Gasteiger partial charge >= 0.3 is 0 Å². The third kappa shape index (κ3) is 3.54. The van der Waals surface area contributed by atoms with Crippen LogP contribution in [-0.4, -0.2) is 36.1 Å². The Labute approximate surface area is 132 Å². The van der Waals surface area contributed by atoms with Crippen LogP contribution in [0, 0.1) is 9.49 Å². The van der Waals surface area contributed by atoms with Crippen molar-refractivity contribution in [2.75, 3.05) is 20.2 Å². The van der Waals surface area contributed by atoms with Crippen LogP contribution in [0.25, 0.3) is 0 Å². The van der Waals surface area contributed by atoms with Gasteiger partial charge in [-0.2, -0.15) is 0 Å². The molecule has 0 saturated carbocycles. The van der Waals surface area contributed by atoms with Gasteiger partial charge in [0.25, 0.3) is 0 Å². The van der Waals surface area contributed by atoms with Gasteiger partial charge in [0, 0.05) is 13.1 Å². The van der Waals surface area contributed by atoms with Gasteiger partial charge in [-0.1, -0.05) is 0 Å². The van der Waals surface area contributed by atoms with Crippen LogP contribution in [0.5, 0.6) is 11.5 Å². The highest BCUT2D eigenvalue weighted by Gasteiger charge is 2.24. The van der Waals surface area contributed by atoms with E-state index < -0.39 is 0 Å². The van der Waals surface area contributed by atoms with E-state index in [2.05, 4.69) is 27.5 Å². The molecule has 1 aliphatic heterocycles. The molecule has 1 heterocycles. The number of likely N-dealkylation sites (tertiary alicyclic amines) is 1. The van der Waals surface area contributed by atoms with Crippen LogP contribution in [0.2, 0.25) is 0 Å². The number of halogens is 1. The minimum atomic E-state index is -0.215. The summed E-state index contributed by atoms with van der Waals surface area (Å²) in [6.45, 7) is 2.40. The molecule has 1 unspecified atom stereocenters. The Morgan fingerprint density at radius 2 is 2.35 bits per heavy atom. The molecule has 1 atom stereocenters. The van der Waals surface area contributed by atoms with Crippen molar-refractivity contribution >= 4 is 28.5 Å². The zero-order valence-electron chi connectivity index (χ0n) is 11.4. The Balaban J connectivity index is 2.10. The molecule has 0 aliphatic carbocycles. The van der Waals surface area contributed by atoms with Crippen molar-refractivity contribution in [3.63, 3.8) is 0 Å². The number of phenolic OH excluding ortho intramolecular Hbond substituents is 1. The minimum Gasteiger partial charge on any atom is -0.504 e. The van der Waals surface area contributed by atoms with Crippen molar-refractivity contribution in [2.24, 2.45) is 11.7 Å². The first-order chi connectivity index (χ1) is 9.51. The summed E-state index contributed by atoms with van der Waals surface area (Å²) in [5.74, 6) is 0.385. The molecule has 5 nitrogen and oxygen atoms in total. The Hall–Kier alpha value is -1.02. The summed E-state index contributed by atoms with van der Waals surface area (Å²) in [5, 5.41) is 9.84. The number of methoxy groups -OCH3 is 1. The lowest BCUT2D eigenvalue weighted by Gasteiger charge is -2.31. The highest BCUT2D eigenvalue weighted by molar-refractivity contribution is 14.1. The van der Waals surface area contributed by atoms with Crippen molar-refractivity contribution < 1.29 is 14.6 Å². The number of phenols is 1. The number of piperidine rings is 1. The molecule has 1 aliphatic rings. The first-order valence-corrected chi connectivity index (χ1v) is 7.66. The summed E-state index contributed by atoms with van der Waals surface area (Å²) in [6.07, 6.45) is 1.86. The van der Waals surface area contributed by atoms with Crippen molar-refractivity contribution in [3.8, 4) is 11.5 Å². The maximum absolute atomic E-state index is 11.3. The molecule has 0 radical (unpaired) electrons. The summed E-state index contributed by atoms with van der Waals surface area (Å²) < 4.78 is 5.93. The first-order valence-electron chi connectivity index (χ1n) is 6.58. The Morgan fingerprint density at radius 1 is 1.60 bits per heavy atom. The van der Waals surface area contributed by atoms with Gasteiger partial charge in [-0.05, 0) is 59.7 Å². The SMILES string of the molecule is COc1cc(CN2CCCC(C(N)=O)C2)cc(I)c1O. The summed E-state index contributed by atoms with van der Waals surface area (Å²) in [7, 11) is 1.54. The largest absolute Gasteiger partial charge is 0.504 e. The molecule has 1 amide bonds. The lowest BCUT2D eigenvalue weighted by Crippen LogP contribution is -2.40. The summed E-state index contributed by atoms with van der Waals surface area (Å²) in [6, 6.07) is 3.78. The van der Waals surface area contributed by atoms with Crippen molar-refractivity contribution in [1.82, 2.24) is 4.90 Å².